The quantitative estimate of drug-likeness (QED) is 0.776. The van der Waals surface area contributed by atoms with Crippen molar-refractivity contribution in [2.75, 3.05) is 17.2 Å². The molecule has 1 aromatic carbocycles. The second-order valence-corrected chi connectivity index (χ2v) is 7.27. The number of anilines is 2. The van der Waals surface area contributed by atoms with Crippen LogP contribution in [0.3, 0.4) is 0 Å². The lowest BCUT2D eigenvalue weighted by Crippen LogP contribution is -2.39. The van der Waals surface area contributed by atoms with E-state index in [1.807, 2.05) is 13.8 Å². The Morgan fingerprint density at radius 2 is 2.00 bits per heavy atom. The zero-order valence-electron chi connectivity index (χ0n) is 14.3. The van der Waals surface area contributed by atoms with Crippen LogP contribution in [0.15, 0.2) is 18.2 Å². The molecule has 1 aliphatic heterocycles. The van der Waals surface area contributed by atoms with Gasteiger partial charge in [0.2, 0.25) is 5.91 Å². The molecule has 1 fully saturated rings. The summed E-state index contributed by atoms with van der Waals surface area (Å²) in [6, 6.07) is 5.33. The van der Waals surface area contributed by atoms with Gasteiger partial charge >= 0.3 is 6.03 Å². The highest BCUT2D eigenvalue weighted by atomic mass is 16.5. The van der Waals surface area contributed by atoms with Crippen LogP contribution in [0.2, 0.25) is 0 Å². The third-order valence-corrected chi connectivity index (χ3v) is 4.63. The summed E-state index contributed by atoms with van der Waals surface area (Å²) in [6.45, 7) is 4.00. The van der Waals surface area contributed by atoms with Crippen molar-refractivity contribution in [1.29, 1.82) is 0 Å². The first kappa shape index (κ1) is 16.6. The maximum Gasteiger partial charge on any atom is 0.319 e. The van der Waals surface area contributed by atoms with Crippen LogP contribution >= 0.6 is 0 Å². The first-order valence-electron chi connectivity index (χ1n) is 8.60. The maximum atomic E-state index is 12.2. The topological polar surface area (TPSA) is 79.5 Å². The lowest BCUT2D eigenvalue weighted by molar-refractivity contribution is -0.124. The molecule has 1 saturated carbocycles. The molecule has 1 heterocycles. The van der Waals surface area contributed by atoms with E-state index in [1.54, 1.807) is 18.2 Å². The number of hydrogen-bond acceptors (Lipinski definition) is 3. The fourth-order valence-electron chi connectivity index (χ4n) is 3.05. The molecule has 1 aromatic rings. The molecule has 0 aromatic heterocycles. The van der Waals surface area contributed by atoms with E-state index in [0.29, 0.717) is 23.7 Å². The Balaban J connectivity index is 1.65. The van der Waals surface area contributed by atoms with E-state index in [2.05, 4.69) is 16.0 Å². The van der Waals surface area contributed by atoms with Crippen molar-refractivity contribution in [3.05, 3.63) is 18.2 Å². The van der Waals surface area contributed by atoms with E-state index in [0.717, 1.165) is 12.8 Å². The molecule has 0 radical (unpaired) electrons. The van der Waals surface area contributed by atoms with Gasteiger partial charge in [0.25, 0.3) is 0 Å². The molecule has 1 aliphatic carbocycles. The lowest BCUT2D eigenvalue weighted by atomic mass is 9.94. The number of urea groups is 1. The molecular formula is C18H25N3O3. The number of nitrogens with one attached hydrogen (secondary N) is 3. The number of ether oxygens (including phenoxy) is 1. The minimum absolute atomic E-state index is 0.0925. The predicted molar refractivity (Wildman–Crippen MR) is 93.4 cm³/mol. The number of hydrogen-bond donors (Lipinski definition) is 3. The highest BCUT2D eigenvalue weighted by Gasteiger charge is 2.32. The number of benzene rings is 1. The molecule has 0 atom stereocenters. The van der Waals surface area contributed by atoms with Crippen LogP contribution < -0.4 is 20.7 Å². The van der Waals surface area contributed by atoms with Crippen LogP contribution in [-0.4, -0.2) is 24.6 Å². The molecular weight excluding hydrogens is 306 g/mol. The second kappa shape index (κ2) is 6.71. The first-order valence-corrected chi connectivity index (χ1v) is 8.60. The van der Waals surface area contributed by atoms with Crippen molar-refractivity contribution >= 4 is 23.3 Å². The Hall–Kier alpha value is -2.24. The van der Waals surface area contributed by atoms with E-state index in [-0.39, 0.29) is 18.0 Å². The standard InChI is InChI=1S/C18H25N3O3/c1-18(2)11-24-15-9-8-13(10-14(15)21-16(18)22)20-17(23)19-12-6-4-3-5-7-12/h8-10,12H,3-7,11H2,1-2H3,(H,21,22)(H2,19,20,23). The SMILES string of the molecule is CC1(C)COc2ccc(NC(=O)NC3CCCCC3)cc2NC1=O. The maximum absolute atomic E-state index is 12.2. The third kappa shape index (κ3) is 3.80. The fraction of sp³-hybridized carbons (Fsp3) is 0.556. The van der Waals surface area contributed by atoms with Gasteiger partial charge in [-0.1, -0.05) is 19.3 Å². The Labute approximate surface area is 142 Å². The van der Waals surface area contributed by atoms with Gasteiger partial charge in [-0.15, -0.1) is 0 Å². The molecule has 3 N–H and O–H groups in total. The van der Waals surface area contributed by atoms with Gasteiger partial charge in [-0.25, -0.2) is 4.79 Å². The minimum atomic E-state index is -0.592. The molecule has 2 aliphatic rings. The van der Waals surface area contributed by atoms with Crippen molar-refractivity contribution in [3.63, 3.8) is 0 Å². The highest BCUT2D eigenvalue weighted by molar-refractivity contribution is 5.98. The van der Waals surface area contributed by atoms with E-state index in [9.17, 15) is 9.59 Å². The van der Waals surface area contributed by atoms with Gasteiger partial charge in [0.1, 0.15) is 12.4 Å². The summed E-state index contributed by atoms with van der Waals surface area (Å²) in [7, 11) is 0. The first-order chi connectivity index (χ1) is 11.4. The highest BCUT2D eigenvalue weighted by Crippen LogP contribution is 2.34. The van der Waals surface area contributed by atoms with Crippen molar-refractivity contribution in [1.82, 2.24) is 5.32 Å². The summed E-state index contributed by atoms with van der Waals surface area (Å²) < 4.78 is 5.70. The average molecular weight is 331 g/mol. The average Bonchev–Trinajstić information content (AvgIpc) is 2.65. The molecule has 3 rings (SSSR count). The summed E-state index contributed by atoms with van der Waals surface area (Å²) in [6.07, 6.45) is 5.67. The van der Waals surface area contributed by atoms with Crippen molar-refractivity contribution in [2.24, 2.45) is 5.41 Å². The van der Waals surface area contributed by atoms with Gasteiger partial charge in [-0.3, -0.25) is 4.79 Å². The number of carbonyl (C=O) groups is 2. The van der Waals surface area contributed by atoms with Crippen molar-refractivity contribution in [2.45, 2.75) is 52.0 Å². The second-order valence-electron chi connectivity index (χ2n) is 7.27. The molecule has 130 valence electrons. The molecule has 6 nitrogen and oxygen atoms in total. The molecule has 6 heteroatoms. The fourth-order valence-corrected chi connectivity index (χ4v) is 3.05. The van der Waals surface area contributed by atoms with Crippen LogP contribution in [0.4, 0.5) is 16.2 Å². The number of carbonyl (C=O) groups excluding carboxylic acids is 2. The minimum Gasteiger partial charge on any atom is -0.490 e. The Kier molecular flexibility index (Phi) is 4.64. The summed E-state index contributed by atoms with van der Waals surface area (Å²) in [5, 5.41) is 8.72. The largest absolute Gasteiger partial charge is 0.490 e. The van der Waals surface area contributed by atoms with Crippen LogP contribution in [0.5, 0.6) is 5.75 Å². The Morgan fingerprint density at radius 3 is 2.75 bits per heavy atom. The molecule has 0 bridgehead atoms. The van der Waals surface area contributed by atoms with Crippen LogP contribution in [0, 0.1) is 5.41 Å². The molecule has 3 amide bonds. The van der Waals surface area contributed by atoms with Gasteiger partial charge in [-0.05, 0) is 44.9 Å². The molecule has 24 heavy (non-hydrogen) atoms. The van der Waals surface area contributed by atoms with Crippen LogP contribution in [0.25, 0.3) is 0 Å². The van der Waals surface area contributed by atoms with Gasteiger partial charge in [0, 0.05) is 11.7 Å². The number of fused-ring (bicyclic) bond motifs is 1. The predicted octanol–water partition coefficient (Wildman–Crippen LogP) is 3.50. The van der Waals surface area contributed by atoms with E-state index in [1.165, 1.54) is 19.3 Å². The molecule has 0 unspecified atom stereocenters. The third-order valence-electron chi connectivity index (χ3n) is 4.63. The molecule has 0 saturated heterocycles. The number of amides is 3. The van der Waals surface area contributed by atoms with Gasteiger partial charge in [-0.2, -0.15) is 0 Å². The van der Waals surface area contributed by atoms with Crippen molar-refractivity contribution in [3.8, 4) is 5.75 Å². The lowest BCUT2D eigenvalue weighted by Gasteiger charge is -2.23. The summed E-state index contributed by atoms with van der Waals surface area (Å²) in [4.78, 5) is 24.3. The Bertz CT molecular complexity index is 636. The summed E-state index contributed by atoms with van der Waals surface area (Å²) in [5.74, 6) is 0.525. The zero-order chi connectivity index (χ0) is 17.2. The zero-order valence-corrected chi connectivity index (χ0v) is 14.3. The molecule has 0 spiro atoms. The van der Waals surface area contributed by atoms with Crippen LogP contribution in [0.1, 0.15) is 46.0 Å². The normalized spacial score (nSPS) is 20.2. The Morgan fingerprint density at radius 1 is 1.25 bits per heavy atom. The van der Waals surface area contributed by atoms with Gasteiger partial charge in [0.05, 0.1) is 11.1 Å². The van der Waals surface area contributed by atoms with Gasteiger partial charge < -0.3 is 20.7 Å². The van der Waals surface area contributed by atoms with E-state index >= 15 is 0 Å². The monoisotopic (exact) mass is 331 g/mol. The smallest absolute Gasteiger partial charge is 0.319 e. The number of rotatable bonds is 2. The van der Waals surface area contributed by atoms with E-state index in [4.69, 9.17) is 4.74 Å². The van der Waals surface area contributed by atoms with E-state index < -0.39 is 5.41 Å². The van der Waals surface area contributed by atoms with Gasteiger partial charge in [0.15, 0.2) is 0 Å². The summed E-state index contributed by atoms with van der Waals surface area (Å²) in [5.41, 5.74) is 0.622. The summed E-state index contributed by atoms with van der Waals surface area (Å²) >= 11 is 0. The van der Waals surface area contributed by atoms with Crippen LogP contribution in [-0.2, 0) is 4.79 Å². The van der Waals surface area contributed by atoms with Crippen molar-refractivity contribution < 1.29 is 14.3 Å².